The van der Waals surface area contributed by atoms with Gasteiger partial charge in [-0.3, -0.25) is 0 Å². The van der Waals surface area contributed by atoms with Gasteiger partial charge < -0.3 is 18.9 Å². The number of nitrogens with zero attached hydrogens (tertiary/aromatic N) is 1. The third-order valence-electron chi connectivity index (χ3n) is 7.95. The lowest BCUT2D eigenvalue weighted by atomic mass is 10.1. The molecule has 0 radical (unpaired) electrons. The minimum atomic E-state index is -3.33. The molecule has 0 saturated carbocycles. The van der Waals surface area contributed by atoms with Crippen LogP contribution >= 0.6 is 7.14 Å². The highest BCUT2D eigenvalue weighted by atomic mass is 31.2. The van der Waals surface area contributed by atoms with Gasteiger partial charge in [-0.05, 0) is 53.1 Å². The maximum atomic E-state index is 15.8. The summed E-state index contributed by atoms with van der Waals surface area (Å²) in [4.78, 5) is 2.26. The normalized spacial score (nSPS) is 13.0. The highest BCUT2D eigenvalue weighted by Crippen LogP contribution is 2.53. The largest absolute Gasteiger partial charge is 0.489 e. The zero-order chi connectivity index (χ0) is 29.8. The molecule has 5 heteroatoms. The van der Waals surface area contributed by atoms with Gasteiger partial charge in [0.15, 0.2) is 7.14 Å². The summed E-state index contributed by atoms with van der Waals surface area (Å²) in [5.74, 6) is 1.37. The molecule has 44 heavy (non-hydrogen) atoms. The second-order valence-electron chi connectivity index (χ2n) is 10.9. The molecular weight excluding hydrogens is 561 g/mol. The van der Waals surface area contributed by atoms with Crippen LogP contribution in [0, 0.1) is 0 Å². The van der Waals surface area contributed by atoms with E-state index in [2.05, 4.69) is 41.3 Å². The molecule has 1 heterocycles. The summed E-state index contributed by atoms with van der Waals surface area (Å²) in [6.07, 6.45) is 0. The molecule has 7 rings (SSSR count). The average Bonchev–Trinajstić information content (AvgIpc) is 3.10. The van der Waals surface area contributed by atoms with E-state index in [0.717, 1.165) is 44.0 Å². The molecule has 216 valence electrons. The summed E-state index contributed by atoms with van der Waals surface area (Å²) in [5, 5.41) is 2.30. The number of hydrogen-bond donors (Lipinski definition) is 0. The quantitative estimate of drug-likeness (QED) is 0.159. The minimum absolute atomic E-state index is 0.428. The van der Waals surface area contributed by atoms with Gasteiger partial charge >= 0.3 is 0 Å². The Morgan fingerprint density at radius 1 is 0.477 bits per heavy atom. The van der Waals surface area contributed by atoms with Crippen LogP contribution < -0.4 is 30.3 Å². The second-order valence-corrected chi connectivity index (χ2v) is 13.6. The number of fused-ring (bicyclic) bond motifs is 2. The summed E-state index contributed by atoms with van der Waals surface area (Å²) >= 11 is 0. The molecule has 0 unspecified atom stereocenters. The van der Waals surface area contributed by atoms with Crippen molar-refractivity contribution in [3.63, 3.8) is 0 Å². The van der Waals surface area contributed by atoms with Crippen LogP contribution in [0.4, 0.5) is 11.4 Å². The first-order valence-electron chi connectivity index (χ1n) is 14.8. The summed E-state index contributed by atoms with van der Waals surface area (Å²) in [6, 6.07) is 52.4. The van der Waals surface area contributed by atoms with Crippen molar-refractivity contribution in [1.82, 2.24) is 0 Å². The molecule has 1 aliphatic rings. The molecule has 0 atom stereocenters. The van der Waals surface area contributed by atoms with Crippen LogP contribution in [-0.2, 0) is 24.3 Å². The predicted molar refractivity (Wildman–Crippen MR) is 180 cm³/mol. The molecule has 1 aliphatic heterocycles. The van der Waals surface area contributed by atoms with Gasteiger partial charge in [0, 0.05) is 22.5 Å². The van der Waals surface area contributed by atoms with E-state index >= 15 is 4.57 Å². The van der Waals surface area contributed by atoms with Crippen LogP contribution in [0.1, 0.15) is 16.7 Å². The van der Waals surface area contributed by atoms with E-state index in [1.165, 1.54) is 0 Å². The summed E-state index contributed by atoms with van der Waals surface area (Å²) < 4.78 is 28.3. The lowest BCUT2D eigenvalue weighted by molar-refractivity contribution is 0.306. The van der Waals surface area contributed by atoms with Crippen LogP contribution in [0.25, 0.3) is 0 Å². The third kappa shape index (κ3) is 5.53. The van der Waals surface area contributed by atoms with E-state index in [0.29, 0.717) is 31.3 Å². The molecule has 6 aromatic rings. The fourth-order valence-corrected chi connectivity index (χ4v) is 8.80. The molecule has 4 nitrogen and oxygen atoms in total. The smallest absolute Gasteiger partial charge is 0.175 e. The Hall–Kier alpha value is -5.05. The van der Waals surface area contributed by atoms with Crippen molar-refractivity contribution in [3.8, 4) is 11.5 Å². The highest BCUT2D eigenvalue weighted by molar-refractivity contribution is 7.86. The van der Waals surface area contributed by atoms with Gasteiger partial charge in [-0.2, -0.15) is 0 Å². The summed E-state index contributed by atoms with van der Waals surface area (Å²) in [6.45, 7) is 1.48. The number of hydrogen-bond acceptors (Lipinski definition) is 4. The average molecular weight is 594 g/mol. The Balaban J connectivity index is 1.36. The van der Waals surface area contributed by atoms with Gasteiger partial charge in [0.05, 0.1) is 11.4 Å². The van der Waals surface area contributed by atoms with Crippen molar-refractivity contribution >= 4 is 34.4 Å². The molecule has 0 N–H and O–H groups in total. The van der Waals surface area contributed by atoms with E-state index in [9.17, 15) is 0 Å². The zero-order valence-electron chi connectivity index (χ0n) is 24.3. The summed E-state index contributed by atoms with van der Waals surface area (Å²) in [7, 11) is -3.33. The number of anilines is 2. The van der Waals surface area contributed by atoms with Gasteiger partial charge in [-0.15, -0.1) is 0 Å². The fraction of sp³-hybridized carbons (Fsp3) is 0.0769. The highest BCUT2D eigenvalue weighted by Gasteiger charge is 2.41. The number of rotatable bonds is 9. The van der Waals surface area contributed by atoms with Crippen LogP contribution in [0.5, 0.6) is 11.5 Å². The Morgan fingerprint density at radius 2 is 0.886 bits per heavy atom. The predicted octanol–water partition coefficient (Wildman–Crippen LogP) is 8.14. The first-order chi connectivity index (χ1) is 21.7. The van der Waals surface area contributed by atoms with E-state index < -0.39 is 7.14 Å². The van der Waals surface area contributed by atoms with E-state index in [-0.39, 0.29) is 0 Å². The molecule has 0 spiro atoms. The molecule has 0 aliphatic carbocycles. The van der Waals surface area contributed by atoms with Crippen molar-refractivity contribution in [2.24, 2.45) is 0 Å². The van der Waals surface area contributed by atoms with Gasteiger partial charge in [0.1, 0.15) is 24.7 Å². The SMILES string of the molecule is O=P1(c2ccccc2)c2cc(OCc3ccccc3)ccc2N(Cc2ccccc2)c2ccc(OCc3ccccc3)cc21. The zero-order valence-corrected chi connectivity index (χ0v) is 25.1. The van der Waals surface area contributed by atoms with E-state index in [4.69, 9.17) is 9.47 Å². The molecule has 0 aromatic heterocycles. The lowest BCUT2D eigenvalue weighted by Gasteiger charge is -2.38. The van der Waals surface area contributed by atoms with Crippen molar-refractivity contribution in [1.29, 1.82) is 0 Å². The molecule has 0 fully saturated rings. The molecule has 0 bridgehead atoms. The van der Waals surface area contributed by atoms with Gasteiger partial charge in [0.2, 0.25) is 0 Å². The van der Waals surface area contributed by atoms with Crippen molar-refractivity contribution in [3.05, 3.63) is 174 Å². The van der Waals surface area contributed by atoms with Crippen LogP contribution in [0.3, 0.4) is 0 Å². The maximum absolute atomic E-state index is 15.8. The van der Waals surface area contributed by atoms with Crippen LogP contribution in [-0.4, -0.2) is 0 Å². The molecule has 6 aromatic carbocycles. The molecule has 0 saturated heterocycles. The van der Waals surface area contributed by atoms with Gasteiger partial charge in [-0.1, -0.05) is 121 Å². The first-order valence-corrected chi connectivity index (χ1v) is 16.5. The minimum Gasteiger partial charge on any atom is -0.489 e. The molecule has 0 amide bonds. The van der Waals surface area contributed by atoms with Crippen LogP contribution in [0.2, 0.25) is 0 Å². The Morgan fingerprint density at radius 3 is 1.34 bits per heavy atom. The van der Waals surface area contributed by atoms with Gasteiger partial charge in [-0.25, -0.2) is 0 Å². The number of ether oxygens (including phenoxy) is 2. The van der Waals surface area contributed by atoms with E-state index in [1.807, 2.05) is 121 Å². The maximum Gasteiger partial charge on any atom is 0.175 e. The van der Waals surface area contributed by atoms with E-state index in [1.54, 1.807) is 0 Å². The second kappa shape index (κ2) is 12.3. The van der Waals surface area contributed by atoms with Crippen molar-refractivity contribution in [2.45, 2.75) is 19.8 Å². The lowest BCUT2D eigenvalue weighted by Crippen LogP contribution is -2.38. The summed E-state index contributed by atoms with van der Waals surface area (Å²) in [5.41, 5.74) is 5.15. The molecular formula is C39H32NO3P. The Labute approximate surface area is 258 Å². The van der Waals surface area contributed by atoms with Crippen LogP contribution in [0.15, 0.2) is 158 Å². The monoisotopic (exact) mass is 593 g/mol. The first kappa shape index (κ1) is 27.8. The fourth-order valence-electron chi connectivity index (χ4n) is 5.74. The third-order valence-corrected chi connectivity index (χ3v) is 11.1. The standard InChI is InChI=1S/C39H32NO3P/c41-44(35-19-11-4-12-20-35)38-25-33(42-28-31-15-7-2-8-16-31)21-23-36(38)40(27-30-13-5-1-6-14-30)37-24-22-34(26-39(37)44)43-29-32-17-9-3-10-18-32/h1-26H,27-29H2. The Kier molecular flexibility index (Phi) is 7.75. The number of benzene rings is 6. The van der Waals surface area contributed by atoms with Gasteiger partial charge in [0.25, 0.3) is 0 Å². The van der Waals surface area contributed by atoms with Crippen molar-refractivity contribution < 1.29 is 14.0 Å². The topological polar surface area (TPSA) is 38.8 Å². The Bertz CT molecular complexity index is 1810. The van der Waals surface area contributed by atoms with Crippen molar-refractivity contribution in [2.75, 3.05) is 4.90 Å².